The third-order valence-electron chi connectivity index (χ3n) is 7.51. The van der Waals surface area contributed by atoms with Gasteiger partial charge in [0, 0.05) is 30.5 Å². The summed E-state index contributed by atoms with van der Waals surface area (Å²) in [5.74, 6) is -3.41. The summed E-state index contributed by atoms with van der Waals surface area (Å²) in [5.41, 5.74) is 7.23. The Hall–Kier alpha value is -4.44. The van der Waals surface area contributed by atoms with E-state index in [1.54, 1.807) is 31.2 Å². The molecule has 42 heavy (non-hydrogen) atoms. The van der Waals surface area contributed by atoms with Crippen LogP contribution in [0.1, 0.15) is 43.4 Å². The molecule has 4 rings (SSSR count). The highest BCUT2D eigenvalue weighted by Gasteiger charge is 2.43. The van der Waals surface area contributed by atoms with Gasteiger partial charge in [0.2, 0.25) is 17.7 Å². The maximum absolute atomic E-state index is 14.4. The highest BCUT2D eigenvalue weighted by molar-refractivity contribution is 6.30. The molecular weight excluding hydrogens is 560 g/mol. The number of amides is 4. The Kier molecular flexibility index (Phi) is 9.80. The van der Waals surface area contributed by atoms with E-state index in [-0.39, 0.29) is 25.8 Å². The molecule has 1 heterocycles. The number of hydrogen-bond donors (Lipinski definition) is 3. The van der Waals surface area contributed by atoms with Crippen LogP contribution in [0.4, 0.5) is 0 Å². The Labute approximate surface area is 248 Å². The van der Waals surface area contributed by atoms with Gasteiger partial charge in [-0.25, -0.2) is 0 Å². The predicted molar refractivity (Wildman–Crippen MR) is 157 cm³/mol. The van der Waals surface area contributed by atoms with Crippen LogP contribution in [0.25, 0.3) is 10.8 Å². The number of benzene rings is 3. The number of nitrogens with one attached hydrogen (secondary N) is 1. The summed E-state index contributed by atoms with van der Waals surface area (Å²) in [6.07, 6.45) is -0.117. The van der Waals surface area contributed by atoms with E-state index < -0.39 is 54.3 Å². The zero-order valence-corrected chi connectivity index (χ0v) is 23.9. The van der Waals surface area contributed by atoms with E-state index in [1.165, 1.54) is 9.80 Å². The molecule has 10 nitrogen and oxygen atoms in total. The number of nitrogens with two attached hydrogens (primary N) is 1. The lowest BCUT2D eigenvalue weighted by molar-refractivity contribution is -0.148. The number of nitrogens with zero attached hydrogens (tertiary/aromatic N) is 2. The monoisotopic (exact) mass is 592 g/mol. The molecule has 4 N–H and O–H groups in total. The molecule has 4 amide bonds. The first-order valence-corrected chi connectivity index (χ1v) is 14.1. The Morgan fingerprint density at radius 3 is 2.48 bits per heavy atom. The summed E-state index contributed by atoms with van der Waals surface area (Å²) in [6.45, 7) is 1.54. The number of aliphatic carboxylic acids is 1. The number of carboxylic acid groups (broad SMARTS) is 1. The predicted octanol–water partition coefficient (Wildman–Crippen LogP) is 3.06. The van der Waals surface area contributed by atoms with E-state index in [1.807, 2.05) is 42.5 Å². The third-order valence-corrected chi connectivity index (χ3v) is 7.75. The van der Waals surface area contributed by atoms with Crippen LogP contribution in [0.5, 0.6) is 0 Å². The number of primary amides is 1. The molecule has 0 spiro atoms. The van der Waals surface area contributed by atoms with Gasteiger partial charge in [-0.1, -0.05) is 66.2 Å². The fourth-order valence-electron chi connectivity index (χ4n) is 5.40. The minimum absolute atomic E-state index is 0.171. The highest BCUT2D eigenvalue weighted by Crippen LogP contribution is 2.33. The smallest absolute Gasteiger partial charge is 0.303 e. The van der Waals surface area contributed by atoms with E-state index in [0.717, 1.165) is 16.3 Å². The largest absolute Gasteiger partial charge is 0.481 e. The maximum Gasteiger partial charge on any atom is 0.303 e. The minimum Gasteiger partial charge on any atom is -0.481 e. The van der Waals surface area contributed by atoms with E-state index in [4.69, 9.17) is 22.4 Å². The van der Waals surface area contributed by atoms with Crippen LogP contribution >= 0.6 is 11.6 Å². The van der Waals surface area contributed by atoms with Crippen molar-refractivity contribution in [2.75, 3.05) is 13.1 Å². The summed E-state index contributed by atoms with van der Waals surface area (Å²) in [5, 5.41) is 13.6. The molecule has 0 aliphatic carbocycles. The fourth-order valence-corrected chi connectivity index (χ4v) is 5.60. The lowest BCUT2D eigenvalue weighted by Crippen LogP contribution is -2.53. The molecule has 3 unspecified atom stereocenters. The lowest BCUT2D eigenvalue weighted by atomic mass is 9.96. The van der Waals surface area contributed by atoms with Crippen molar-refractivity contribution in [2.45, 2.75) is 50.7 Å². The number of fused-ring (bicyclic) bond motifs is 1. The summed E-state index contributed by atoms with van der Waals surface area (Å²) in [7, 11) is 0. The first-order chi connectivity index (χ1) is 20.1. The molecule has 0 aromatic heterocycles. The molecule has 0 saturated carbocycles. The van der Waals surface area contributed by atoms with Crippen molar-refractivity contribution >= 4 is 52.0 Å². The van der Waals surface area contributed by atoms with Crippen molar-refractivity contribution in [3.63, 3.8) is 0 Å². The van der Waals surface area contributed by atoms with Crippen LogP contribution in [0.15, 0.2) is 66.7 Å². The van der Waals surface area contributed by atoms with Crippen molar-refractivity contribution in [3.8, 4) is 0 Å². The van der Waals surface area contributed by atoms with Gasteiger partial charge in [0.05, 0.1) is 13.0 Å². The molecule has 0 radical (unpaired) electrons. The second-order valence-corrected chi connectivity index (χ2v) is 10.8. The van der Waals surface area contributed by atoms with Crippen molar-refractivity contribution in [2.24, 2.45) is 5.73 Å². The summed E-state index contributed by atoms with van der Waals surface area (Å²) in [4.78, 5) is 66.6. The van der Waals surface area contributed by atoms with Gasteiger partial charge >= 0.3 is 5.97 Å². The van der Waals surface area contributed by atoms with Gasteiger partial charge in [0.25, 0.3) is 5.91 Å². The molecule has 11 heteroatoms. The second kappa shape index (κ2) is 13.5. The summed E-state index contributed by atoms with van der Waals surface area (Å²) in [6, 6.07) is 17.5. The van der Waals surface area contributed by atoms with Crippen LogP contribution < -0.4 is 11.1 Å². The van der Waals surface area contributed by atoms with Crippen molar-refractivity contribution in [1.82, 2.24) is 15.1 Å². The average Bonchev–Trinajstić information content (AvgIpc) is 3.09. The van der Waals surface area contributed by atoms with Gasteiger partial charge in [-0.15, -0.1) is 0 Å². The van der Waals surface area contributed by atoms with Gasteiger partial charge in [0.15, 0.2) is 0 Å². The maximum atomic E-state index is 14.4. The average molecular weight is 593 g/mol. The number of rotatable bonds is 10. The van der Waals surface area contributed by atoms with Crippen LogP contribution in [0.3, 0.4) is 0 Å². The van der Waals surface area contributed by atoms with Crippen molar-refractivity contribution < 1.29 is 29.1 Å². The van der Waals surface area contributed by atoms with E-state index >= 15 is 0 Å². The lowest BCUT2D eigenvalue weighted by Gasteiger charge is -2.36. The third kappa shape index (κ3) is 7.06. The van der Waals surface area contributed by atoms with Gasteiger partial charge < -0.3 is 26.0 Å². The minimum atomic E-state index is -1.14. The van der Waals surface area contributed by atoms with E-state index in [9.17, 15) is 24.0 Å². The Morgan fingerprint density at radius 1 is 1.05 bits per heavy atom. The molecule has 1 fully saturated rings. The van der Waals surface area contributed by atoms with E-state index in [0.29, 0.717) is 17.0 Å². The first-order valence-electron chi connectivity index (χ1n) is 13.7. The van der Waals surface area contributed by atoms with E-state index in [2.05, 4.69) is 5.32 Å². The van der Waals surface area contributed by atoms with Gasteiger partial charge in [0.1, 0.15) is 12.1 Å². The number of carboxylic acids is 1. The Bertz CT molecular complexity index is 1510. The summed E-state index contributed by atoms with van der Waals surface area (Å²) >= 11 is 6.28. The van der Waals surface area contributed by atoms with Crippen molar-refractivity contribution in [1.29, 1.82) is 0 Å². The number of carbonyl (C=O) groups excluding carboxylic acids is 4. The molecule has 0 bridgehead atoms. The van der Waals surface area contributed by atoms with Gasteiger partial charge in [-0.05, 0) is 47.4 Å². The molecule has 3 atom stereocenters. The molecule has 1 aliphatic heterocycles. The second-order valence-electron chi connectivity index (χ2n) is 10.4. The SMILES string of the molecule is CC1CCN(C(Cc2cccc3ccccc23)C(N)=O)C(=O)C(c2cccc(Cl)c2)N1C(=O)CNC(=O)CCC(=O)O. The van der Waals surface area contributed by atoms with Gasteiger partial charge in [-0.3, -0.25) is 24.0 Å². The standard InChI is InChI=1S/C31H33ClN4O6/c1-19-14-15-35(25(30(33)41)17-21-8-4-7-20-6-2-3-11-24(20)21)31(42)29(22-9-5-10-23(32)16-22)36(19)27(38)18-34-26(37)12-13-28(39)40/h2-11,16,19,25,29H,12-15,17-18H2,1H3,(H2,33,41)(H,34,37)(H,39,40). The zero-order valence-electron chi connectivity index (χ0n) is 23.2. The van der Waals surface area contributed by atoms with Crippen LogP contribution in [-0.2, 0) is 30.4 Å². The van der Waals surface area contributed by atoms with Crippen LogP contribution in [0, 0.1) is 0 Å². The molecule has 220 valence electrons. The molecule has 1 aliphatic rings. The number of hydrogen-bond acceptors (Lipinski definition) is 5. The highest BCUT2D eigenvalue weighted by atomic mass is 35.5. The fraction of sp³-hybridized carbons (Fsp3) is 0.323. The zero-order chi connectivity index (χ0) is 30.4. The quantitative estimate of drug-likeness (QED) is 0.329. The number of carbonyl (C=O) groups is 5. The molecule has 1 saturated heterocycles. The Balaban J connectivity index is 1.68. The summed E-state index contributed by atoms with van der Waals surface area (Å²) < 4.78 is 0. The van der Waals surface area contributed by atoms with Crippen molar-refractivity contribution in [3.05, 3.63) is 82.9 Å². The van der Waals surface area contributed by atoms with Gasteiger partial charge in [-0.2, -0.15) is 0 Å². The topological polar surface area (TPSA) is 150 Å². The van der Waals surface area contributed by atoms with Crippen LogP contribution in [-0.4, -0.2) is 69.7 Å². The molecule has 3 aromatic carbocycles. The molecule has 3 aromatic rings. The first kappa shape index (κ1) is 30.5. The molecular formula is C31H33ClN4O6. The normalized spacial score (nSPS) is 17.9. The number of halogens is 1. The van der Waals surface area contributed by atoms with Crippen LogP contribution in [0.2, 0.25) is 5.02 Å². The Morgan fingerprint density at radius 2 is 1.76 bits per heavy atom.